The minimum Gasteiger partial charge on any atom is -0.787 e. The second-order valence-corrected chi connectivity index (χ2v) is 11.0. The van der Waals surface area contributed by atoms with Crippen molar-refractivity contribution >= 4 is 0 Å². The van der Waals surface area contributed by atoms with E-state index in [0.717, 1.165) is 35.5 Å². The molecule has 0 aliphatic carbocycles. The van der Waals surface area contributed by atoms with E-state index in [1.807, 2.05) is 48.5 Å². The quantitative estimate of drug-likeness (QED) is 0.0835. The molecular weight excluding hydrogens is 500 g/mol. The lowest BCUT2D eigenvalue weighted by atomic mass is 9.94. The van der Waals surface area contributed by atoms with Gasteiger partial charge in [-0.05, 0) is 48.2 Å². The Labute approximate surface area is 243 Å². The fourth-order valence-electron chi connectivity index (χ4n) is 5.06. The lowest BCUT2D eigenvalue weighted by molar-refractivity contribution is 0.109. The van der Waals surface area contributed by atoms with Crippen molar-refractivity contribution in [3.05, 3.63) is 64.9 Å². The fourth-order valence-corrected chi connectivity index (χ4v) is 5.06. The van der Waals surface area contributed by atoms with Gasteiger partial charge in [0.25, 0.3) is 0 Å². The molecule has 2 unspecified atom stereocenters. The summed E-state index contributed by atoms with van der Waals surface area (Å²) in [6.07, 6.45) is 20.3. The van der Waals surface area contributed by atoms with Gasteiger partial charge in [-0.15, -0.1) is 0 Å². The highest BCUT2D eigenvalue weighted by Gasteiger charge is 2.22. The number of hydroxylamine groups is 2. The lowest BCUT2D eigenvalue weighted by Crippen LogP contribution is -2.31. The summed E-state index contributed by atoms with van der Waals surface area (Å²) in [7, 11) is 0. The third-order valence-electron chi connectivity index (χ3n) is 7.61. The second-order valence-electron chi connectivity index (χ2n) is 11.0. The molecule has 0 aliphatic heterocycles. The molecule has 6 heteroatoms. The molecule has 0 spiro atoms. The molecule has 0 heterocycles. The molecule has 0 fully saturated rings. The minimum absolute atomic E-state index is 0.608. The van der Waals surface area contributed by atoms with Gasteiger partial charge in [0.2, 0.25) is 0 Å². The molecule has 2 aromatic rings. The highest BCUT2D eigenvalue weighted by atomic mass is 16.5. The minimum atomic E-state index is -0.657. The van der Waals surface area contributed by atoms with Crippen LogP contribution >= 0.6 is 0 Å². The van der Waals surface area contributed by atoms with Gasteiger partial charge in [0.1, 0.15) is 11.5 Å². The van der Waals surface area contributed by atoms with Crippen molar-refractivity contribution in [2.75, 3.05) is 13.2 Å². The van der Waals surface area contributed by atoms with Gasteiger partial charge < -0.3 is 25.4 Å². The number of unbranched alkanes of at least 4 members (excludes halogenated alkanes) is 14. The first-order chi connectivity index (χ1) is 19.7. The van der Waals surface area contributed by atoms with E-state index < -0.39 is 12.1 Å². The van der Waals surface area contributed by atoms with E-state index in [0.29, 0.717) is 13.2 Å². The first kappa shape index (κ1) is 34.1. The van der Waals surface area contributed by atoms with Crippen molar-refractivity contribution in [1.82, 2.24) is 11.0 Å². The Bertz CT molecular complexity index is 773. The van der Waals surface area contributed by atoms with E-state index in [1.54, 1.807) is 0 Å². The van der Waals surface area contributed by atoms with Crippen LogP contribution in [0.25, 0.3) is 0 Å². The van der Waals surface area contributed by atoms with Crippen LogP contribution in [-0.2, 0) is 0 Å². The highest BCUT2D eigenvalue weighted by molar-refractivity contribution is 5.34. The zero-order valence-electron chi connectivity index (χ0n) is 25.2. The summed E-state index contributed by atoms with van der Waals surface area (Å²) in [6.45, 7) is 5.90. The predicted molar refractivity (Wildman–Crippen MR) is 166 cm³/mol. The van der Waals surface area contributed by atoms with Crippen molar-refractivity contribution in [3.8, 4) is 11.5 Å². The number of benzene rings is 2. The molecule has 0 radical (unpaired) electrons. The van der Waals surface area contributed by atoms with Gasteiger partial charge in [0.15, 0.2) is 0 Å². The molecule has 3 N–H and O–H groups in total. The van der Waals surface area contributed by atoms with Gasteiger partial charge in [0.05, 0.1) is 19.3 Å². The maximum Gasteiger partial charge on any atom is 0.119 e. The van der Waals surface area contributed by atoms with Crippen LogP contribution in [0.5, 0.6) is 11.5 Å². The Morgan fingerprint density at radius 2 is 0.900 bits per heavy atom. The number of ether oxygens (including phenoxy) is 2. The highest BCUT2D eigenvalue weighted by Crippen LogP contribution is 2.31. The van der Waals surface area contributed by atoms with Crippen LogP contribution < -0.4 is 20.4 Å². The molecule has 0 amide bonds. The number of hydrogen-bond acceptors (Lipinski definition) is 6. The molecule has 0 saturated carbocycles. The average Bonchev–Trinajstić information content (AvgIpc) is 2.99. The van der Waals surface area contributed by atoms with Gasteiger partial charge in [-0.3, -0.25) is 0 Å². The van der Waals surface area contributed by atoms with E-state index in [2.05, 4.69) is 24.8 Å². The first-order valence-electron chi connectivity index (χ1n) is 16.0. The molecule has 0 bridgehead atoms. The number of rotatable bonds is 25. The summed E-state index contributed by atoms with van der Waals surface area (Å²) in [5.74, 6) is 1.59. The molecule has 226 valence electrons. The zero-order valence-corrected chi connectivity index (χ0v) is 25.2. The molecule has 40 heavy (non-hydrogen) atoms. The Morgan fingerprint density at radius 3 is 1.25 bits per heavy atom. The average molecular weight is 556 g/mol. The van der Waals surface area contributed by atoms with Gasteiger partial charge >= 0.3 is 0 Å². The normalized spacial score (nSPS) is 12.8. The van der Waals surface area contributed by atoms with Crippen LogP contribution in [0.15, 0.2) is 48.5 Å². The standard InChI is InChI=1S/C34H55N2O4/c1-3-5-7-9-11-13-15-17-27-39-31-23-19-29(20-24-31)33(35-37)34(36-38)30-21-25-32(26-22-30)40-28-18-16-14-12-10-8-6-4-2/h19-26,33-37H,3-18,27-28H2,1-2H3/q-1. The molecule has 0 aromatic heterocycles. The Balaban J connectivity index is 1.74. The van der Waals surface area contributed by atoms with Crippen LogP contribution in [-0.4, -0.2) is 18.4 Å². The smallest absolute Gasteiger partial charge is 0.119 e. The third kappa shape index (κ3) is 14.0. The summed E-state index contributed by atoms with van der Waals surface area (Å²) in [5.41, 5.74) is 6.00. The third-order valence-corrected chi connectivity index (χ3v) is 7.61. The first-order valence-corrected chi connectivity index (χ1v) is 16.0. The van der Waals surface area contributed by atoms with Gasteiger partial charge in [-0.2, -0.15) is 5.48 Å². The molecule has 6 nitrogen and oxygen atoms in total. The Morgan fingerprint density at radius 1 is 0.550 bits per heavy atom. The summed E-state index contributed by atoms with van der Waals surface area (Å²) in [4.78, 5) is 0. The van der Waals surface area contributed by atoms with Gasteiger partial charge in [0, 0.05) is 6.04 Å². The van der Waals surface area contributed by atoms with Gasteiger partial charge in [-0.25, -0.2) is 0 Å². The van der Waals surface area contributed by atoms with Crippen molar-refractivity contribution < 1.29 is 14.7 Å². The van der Waals surface area contributed by atoms with Crippen molar-refractivity contribution in [2.24, 2.45) is 0 Å². The molecule has 2 rings (SSSR count). The predicted octanol–water partition coefficient (Wildman–Crippen LogP) is 9.57. The Hall–Kier alpha value is -2.12. The van der Waals surface area contributed by atoms with Gasteiger partial charge in [-0.1, -0.05) is 128 Å². The van der Waals surface area contributed by atoms with E-state index in [4.69, 9.17) is 9.47 Å². The van der Waals surface area contributed by atoms with Crippen LogP contribution in [0.4, 0.5) is 0 Å². The summed E-state index contributed by atoms with van der Waals surface area (Å²) >= 11 is 0. The van der Waals surface area contributed by atoms with E-state index in [1.165, 1.54) is 89.9 Å². The maximum absolute atomic E-state index is 12.0. The van der Waals surface area contributed by atoms with Crippen LogP contribution in [0, 0.1) is 5.21 Å². The summed E-state index contributed by atoms with van der Waals surface area (Å²) in [6, 6.07) is 13.9. The maximum atomic E-state index is 12.0. The largest absolute Gasteiger partial charge is 0.787 e. The van der Waals surface area contributed by atoms with Crippen molar-refractivity contribution in [2.45, 2.75) is 129 Å². The van der Waals surface area contributed by atoms with Crippen molar-refractivity contribution in [1.29, 1.82) is 0 Å². The second kappa shape index (κ2) is 22.6. The van der Waals surface area contributed by atoms with Crippen molar-refractivity contribution in [3.63, 3.8) is 0 Å². The SMILES string of the molecule is CCCCCCCCCCOc1ccc(C(N[O-])C(NO)c2ccc(OCCCCCCCCCC)cc2)cc1. The number of hydrogen-bond donors (Lipinski definition) is 3. The lowest BCUT2D eigenvalue weighted by Gasteiger charge is -2.30. The monoisotopic (exact) mass is 555 g/mol. The van der Waals surface area contributed by atoms with Crippen LogP contribution in [0.2, 0.25) is 0 Å². The fraction of sp³-hybridized carbons (Fsp3) is 0.647. The molecule has 2 aromatic carbocycles. The van der Waals surface area contributed by atoms with Crippen LogP contribution in [0.1, 0.15) is 140 Å². The summed E-state index contributed by atoms with van der Waals surface area (Å²) in [5, 5.41) is 21.9. The van der Waals surface area contributed by atoms with Crippen LogP contribution in [0.3, 0.4) is 0 Å². The number of nitrogens with one attached hydrogen (secondary N) is 2. The topological polar surface area (TPSA) is 85.8 Å². The van der Waals surface area contributed by atoms with E-state index in [-0.39, 0.29) is 0 Å². The molecule has 2 atom stereocenters. The molecule has 0 saturated heterocycles. The zero-order chi connectivity index (χ0) is 28.7. The Kier molecular flexibility index (Phi) is 19.2. The van der Waals surface area contributed by atoms with E-state index in [9.17, 15) is 10.4 Å². The molecule has 0 aliphatic rings. The summed E-state index contributed by atoms with van der Waals surface area (Å²) < 4.78 is 11.8. The molecular formula is C34H55N2O4-. The van der Waals surface area contributed by atoms with E-state index >= 15 is 0 Å².